The summed E-state index contributed by atoms with van der Waals surface area (Å²) in [6.07, 6.45) is 1.29. The second-order valence-electron chi connectivity index (χ2n) is 7.14. The maximum atomic E-state index is 12.4. The number of aromatic nitrogens is 2. The molecule has 1 aliphatic rings. The predicted octanol–water partition coefficient (Wildman–Crippen LogP) is 4.51. The molecule has 31 heavy (non-hydrogen) atoms. The quantitative estimate of drug-likeness (QED) is 0.504. The van der Waals surface area contributed by atoms with Crippen LogP contribution in [-0.2, 0) is 9.59 Å². The summed E-state index contributed by atoms with van der Waals surface area (Å²) in [5.74, 6) is 0.636. The summed E-state index contributed by atoms with van der Waals surface area (Å²) in [4.78, 5) is 26.3. The van der Waals surface area contributed by atoms with E-state index in [0.29, 0.717) is 42.6 Å². The highest BCUT2D eigenvalue weighted by Crippen LogP contribution is 2.34. The number of carbonyl (C=O) groups excluding carboxylic acids is 2. The zero-order chi connectivity index (χ0) is 21.6. The molecule has 2 amide bonds. The third-order valence-electron chi connectivity index (χ3n) is 4.86. The Bertz CT molecular complexity index is 1040. The zero-order valence-corrected chi connectivity index (χ0v) is 18.2. The molecule has 1 fully saturated rings. The van der Waals surface area contributed by atoms with Crippen molar-refractivity contribution in [2.45, 2.75) is 25.2 Å². The summed E-state index contributed by atoms with van der Waals surface area (Å²) in [6, 6.07) is 16.7. The first-order chi connectivity index (χ1) is 15.1. The molecule has 1 atom stereocenters. The van der Waals surface area contributed by atoms with Gasteiger partial charge in [-0.15, -0.1) is 10.2 Å². The predicted molar refractivity (Wildman–Crippen MR) is 121 cm³/mol. The van der Waals surface area contributed by atoms with E-state index in [4.69, 9.17) is 16.3 Å². The Hall–Kier alpha value is -2.97. The van der Waals surface area contributed by atoms with Gasteiger partial charge in [0, 0.05) is 36.0 Å². The molecule has 1 aromatic heterocycles. The van der Waals surface area contributed by atoms with E-state index in [1.807, 2.05) is 42.5 Å². The lowest BCUT2D eigenvalue weighted by atomic mass is 10.1. The van der Waals surface area contributed by atoms with E-state index in [1.54, 1.807) is 17.0 Å². The van der Waals surface area contributed by atoms with Crippen molar-refractivity contribution in [3.05, 3.63) is 64.6 Å². The molecule has 9 heteroatoms. The highest BCUT2D eigenvalue weighted by Gasteiger charge is 2.33. The van der Waals surface area contributed by atoms with E-state index >= 15 is 0 Å². The Labute approximate surface area is 189 Å². The maximum Gasteiger partial charge on any atom is 0.227 e. The zero-order valence-electron chi connectivity index (χ0n) is 16.7. The Balaban J connectivity index is 1.25. The molecule has 0 aliphatic carbocycles. The van der Waals surface area contributed by atoms with Gasteiger partial charge in [-0.1, -0.05) is 41.1 Å². The number of amides is 2. The van der Waals surface area contributed by atoms with Crippen LogP contribution in [0.4, 0.5) is 10.8 Å². The summed E-state index contributed by atoms with van der Waals surface area (Å²) in [5.41, 5.74) is 0.813. The molecule has 0 saturated carbocycles. The second-order valence-corrected chi connectivity index (χ2v) is 8.59. The summed E-state index contributed by atoms with van der Waals surface area (Å²) in [6.45, 7) is 0.989. The van der Waals surface area contributed by atoms with Gasteiger partial charge in [-0.2, -0.15) is 0 Å². The number of rotatable bonds is 8. The van der Waals surface area contributed by atoms with Gasteiger partial charge in [0.2, 0.25) is 16.9 Å². The SMILES string of the molecule is O=C(CCCOc1ccccc1)Nc1nnc(C2CC(=O)N(c3ccc(Cl)cc3)C2)s1. The Morgan fingerprint density at radius 1 is 1.16 bits per heavy atom. The number of carbonyl (C=O) groups is 2. The van der Waals surface area contributed by atoms with Gasteiger partial charge in [0.25, 0.3) is 0 Å². The first-order valence-corrected chi connectivity index (χ1v) is 11.1. The van der Waals surface area contributed by atoms with Crippen LogP contribution in [0.15, 0.2) is 54.6 Å². The van der Waals surface area contributed by atoms with Crippen molar-refractivity contribution in [2.24, 2.45) is 0 Å². The molecule has 4 rings (SSSR count). The van der Waals surface area contributed by atoms with Crippen LogP contribution in [0.3, 0.4) is 0 Å². The summed E-state index contributed by atoms with van der Waals surface area (Å²) in [7, 11) is 0. The van der Waals surface area contributed by atoms with Crippen molar-refractivity contribution >= 4 is 45.6 Å². The van der Waals surface area contributed by atoms with Gasteiger partial charge in [0.1, 0.15) is 10.8 Å². The van der Waals surface area contributed by atoms with Crippen molar-refractivity contribution in [2.75, 3.05) is 23.4 Å². The number of nitrogens with zero attached hydrogens (tertiary/aromatic N) is 3. The average Bonchev–Trinajstić information content (AvgIpc) is 3.39. The van der Waals surface area contributed by atoms with Gasteiger partial charge < -0.3 is 15.0 Å². The fourth-order valence-corrected chi connectivity index (χ4v) is 4.29. The van der Waals surface area contributed by atoms with E-state index in [-0.39, 0.29) is 17.7 Å². The van der Waals surface area contributed by atoms with Crippen molar-refractivity contribution in [3.63, 3.8) is 0 Å². The number of halogens is 1. The van der Waals surface area contributed by atoms with Crippen LogP contribution in [0.1, 0.15) is 30.2 Å². The minimum atomic E-state index is -0.135. The molecule has 7 nitrogen and oxygen atoms in total. The highest BCUT2D eigenvalue weighted by molar-refractivity contribution is 7.15. The van der Waals surface area contributed by atoms with Crippen molar-refractivity contribution in [1.29, 1.82) is 0 Å². The first kappa shape index (κ1) is 21.3. The number of ether oxygens (including phenoxy) is 1. The molecule has 0 bridgehead atoms. The van der Waals surface area contributed by atoms with E-state index in [0.717, 1.165) is 16.4 Å². The molecule has 0 radical (unpaired) electrons. The van der Waals surface area contributed by atoms with Gasteiger partial charge >= 0.3 is 0 Å². The lowest BCUT2D eigenvalue weighted by molar-refractivity contribution is -0.117. The van der Waals surface area contributed by atoms with Crippen LogP contribution in [0.2, 0.25) is 5.02 Å². The smallest absolute Gasteiger partial charge is 0.227 e. The van der Waals surface area contributed by atoms with Gasteiger partial charge in [0.15, 0.2) is 0 Å². The molecular weight excluding hydrogens is 436 g/mol. The molecule has 1 N–H and O–H groups in total. The highest BCUT2D eigenvalue weighted by atomic mass is 35.5. The molecular formula is C22H21ClN4O3S. The standard InChI is InChI=1S/C22H21ClN4O3S/c23-16-8-10-17(11-9-16)27-14-15(13-20(27)29)21-25-26-22(31-21)24-19(28)7-4-12-30-18-5-2-1-3-6-18/h1-3,5-6,8-11,15H,4,7,12-14H2,(H,24,26,28). The number of hydrogen-bond donors (Lipinski definition) is 1. The Kier molecular flexibility index (Phi) is 6.79. The number of nitrogens with one attached hydrogen (secondary N) is 1. The van der Waals surface area contributed by atoms with Crippen LogP contribution < -0.4 is 15.0 Å². The van der Waals surface area contributed by atoms with Crippen LogP contribution in [0.5, 0.6) is 5.75 Å². The fraction of sp³-hybridized carbons (Fsp3) is 0.273. The lowest BCUT2D eigenvalue weighted by Crippen LogP contribution is -2.24. The Morgan fingerprint density at radius 2 is 1.94 bits per heavy atom. The molecule has 1 unspecified atom stereocenters. The third kappa shape index (κ3) is 5.59. The van der Waals surface area contributed by atoms with Crippen LogP contribution in [-0.4, -0.2) is 35.2 Å². The van der Waals surface area contributed by atoms with Crippen molar-refractivity contribution in [1.82, 2.24) is 10.2 Å². The van der Waals surface area contributed by atoms with E-state index < -0.39 is 0 Å². The Morgan fingerprint density at radius 3 is 2.71 bits per heavy atom. The lowest BCUT2D eigenvalue weighted by Gasteiger charge is -2.16. The second kappa shape index (κ2) is 9.89. The number of para-hydroxylation sites is 1. The molecule has 2 aromatic carbocycles. The van der Waals surface area contributed by atoms with Gasteiger partial charge in [-0.3, -0.25) is 9.59 Å². The minimum Gasteiger partial charge on any atom is -0.494 e. The third-order valence-corrected chi connectivity index (χ3v) is 6.11. The van der Waals surface area contributed by atoms with Gasteiger partial charge in [0.05, 0.1) is 6.61 Å². The average molecular weight is 457 g/mol. The van der Waals surface area contributed by atoms with Gasteiger partial charge in [-0.25, -0.2) is 0 Å². The maximum absolute atomic E-state index is 12.4. The fourth-order valence-electron chi connectivity index (χ4n) is 3.31. The summed E-state index contributed by atoms with van der Waals surface area (Å²) < 4.78 is 5.59. The normalized spacial score (nSPS) is 15.8. The first-order valence-electron chi connectivity index (χ1n) is 9.95. The van der Waals surface area contributed by atoms with E-state index in [2.05, 4.69) is 15.5 Å². The molecule has 3 aromatic rings. The summed E-state index contributed by atoms with van der Waals surface area (Å²) in [5, 5.41) is 12.9. The number of benzene rings is 2. The topological polar surface area (TPSA) is 84.4 Å². The van der Waals surface area contributed by atoms with Crippen LogP contribution in [0, 0.1) is 0 Å². The molecule has 1 saturated heterocycles. The van der Waals surface area contributed by atoms with Crippen molar-refractivity contribution in [3.8, 4) is 5.75 Å². The molecule has 2 heterocycles. The molecule has 160 valence electrons. The van der Waals surface area contributed by atoms with E-state index in [9.17, 15) is 9.59 Å². The monoisotopic (exact) mass is 456 g/mol. The van der Waals surface area contributed by atoms with Gasteiger partial charge in [-0.05, 0) is 42.8 Å². The van der Waals surface area contributed by atoms with Crippen molar-refractivity contribution < 1.29 is 14.3 Å². The molecule has 0 spiro atoms. The van der Waals surface area contributed by atoms with E-state index in [1.165, 1.54) is 11.3 Å². The van der Waals surface area contributed by atoms with Crippen LogP contribution in [0.25, 0.3) is 0 Å². The molecule has 1 aliphatic heterocycles. The number of hydrogen-bond acceptors (Lipinski definition) is 6. The van der Waals surface area contributed by atoms with Crippen LogP contribution >= 0.6 is 22.9 Å². The largest absolute Gasteiger partial charge is 0.494 e. The summed E-state index contributed by atoms with van der Waals surface area (Å²) >= 11 is 7.24. The minimum absolute atomic E-state index is 0.0338. The number of anilines is 2.